The maximum absolute atomic E-state index is 11.7. The van der Waals surface area contributed by atoms with E-state index in [0.29, 0.717) is 11.4 Å². The first-order valence-corrected chi connectivity index (χ1v) is 7.16. The van der Waals surface area contributed by atoms with Crippen molar-refractivity contribution in [3.05, 3.63) is 35.7 Å². The Labute approximate surface area is 128 Å². The summed E-state index contributed by atoms with van der Waals surface area (Å²) in [6.45, 7) is 5.45. The lowest BCUT2D eigenvalue weighted by Crippen LogP contribution is -2.27. The quantitative estimate of drug-likeness (QED) is 0.711. The number of carbonyl (C=O) groups is 1. The molecule has 0 aliphatic carbocycles. The Morgan fingerprint density at radius 3 is 2.52 bits per heavy atom. The summed E-state index contributed by atoms with van der Waals surface area (Å²) in [7, 11) is 0. The van der Waals surface area contributed by atoms with E-state index in [1.807, 2.05) is 50.4 Å². The molecular weight excluding hydrogens is 286 g/mol. The van der Waals surface area contributed by atoms with Gasteiger partial charge < -0.3 is 16.6 Å². The number of amides is 1. The van der Waals surface area contributed by atoms with E-state index >= 15 is 0 Å². The van der Waals surface area contributed by atoms with Gasteiger partial charge in [-0.1, -0.05) is 12.1 Å². The van der Waals surface area contributed by atoms with Crippen LogP contribution in [-0.2, 0) is 4.74 Å². The standard InChI is InChI=1S/C15H18N2O2S.H3N/c1-15(2,3)19-14(18)17-12-7-6-10(9-11(12)16)13-5-4-8-20-13;/h4-9H,16H2,1-3H3,(H,17,18);1H3. The van der Waals surface area contributed by atoms with Crippen LogP contribution in [-0.4, -0.2) is 11.7 Å². The van der Waals surface area contributed by atoms with Crippen LogP contribution < -0.4 is 17.2 Å². The molecule has 6 N–H and O–H groups in total. The molecule has 0 saturated carbocycles. The van der Waals surface area contributed by atoms with E-state index < -0.39 is 11.7 Å². The fourth-order valence-electron chi connectivity index (χ4n) is 1.69. The summed E-state index contributed by atoms with van der Waals surface area (Å²) in [6.07, 6.45) is -0.506. The second kappa shape index (κ2) is 6.60. The Morgan fingerprint density at radius 2 is 2.00 bits per heavy atom. The largest absolute Gasteiger partial charge is 0.444 e. The van der Waals surface area contributed by atoms with Crippen LogP contribution in [0.3, 0.4) is 0 Å². The topological polar surface area (TPSA) is 99.3 Å². The lowest BCUT2D eigenvalue weighted by molar-refractivity contribution is 0.0636. The zero-order valence-electron chi connectivity index (χ0n) is 12.5. The van der Waals surface area contributed by atoms with Crippen LogP contribution in [0, 0.1) is 0 Å². The number of anilines is 2. The zero-order chi connectivity index (χ0) is 14.8. The lowest BCUT2D eigenvalue weighted by atomic mass is 10.1. The van der Waals surface area contributed by atoms with Crippen molar-refractivity contribution in [1.82, 2.24) is 6.15 Å². The molecule has 1 aromatic heterocycles. The number of nitrogens with one attached hydrogen (secondary N) is 1. The van der Waals surface area contributed by atoms with Crippen molar-refractivity contribution < 1.29 is 9.53 Å². The maximum atomic E-state index is 11.7. The van der Waals surface area contributed by atoms with Crippen LogP contribution in [0.4, 0.5) is 16.2 Å². The molecule has 1 amide bonds. The van der Waals surface area contributed by atoms with Crippen LogP contribution in [0.25, 0.3) is 10.4 Å². The summed E-state index contributed by atoms with van der Waals surface area (Å²) in [5.74, 6) is 0. The molecule has 1 heterocycles. The molecule has 114 valence electrons. The van der Waals surface area contributed by atoms with Gasteiger partial charge in [0.05, 0.1) is 11.4 Å². The molecule has 0 atom stereocenters. The van der Waals surface area contributed by atoms with E-state index in [-0.39, 0.29) is 6.15 Å². The van der Waals surface area contributed by atoms with Gasteiger partial charge in [-0.3, -0.25) is 5.32 Å². The summed E-state index contributed by atoms with van der Waals surface area (Å²) < 4.78 is 5.20. The minimum atomic E-state index is -0.532. The smallest absolute Gasteiger partial charge is 0.412 e. The Kier molecular flexibility index (Phi) is 5.34. The third-order valence-electron chi connectivity index (χ3n) is 2.49. The third-order valence-corrected chi connectivity index (χ3v) is 3.41. The molecule has 0 unspecified atom stereocenters. The molecule has 5 nitrogen and oxygen atoms in total. The molecule has 6 heteroatoms. The van der Waals surface area contributed by atoms with E-state index in [1.54, 1.807) is 17.4 Å². The number of ether oxygens (including phenoxy) is 1. The number of carbonyl (C=O) groups excluding carboxylic acids is 1. The van der Waals surface area contributed by atoms with Crippen LogP contribution >= 0.6 is 11.3 Å². The van der Waals surface area contributed by atoms with Crippen LogP contribution in [0.2, 0.25) is 0 Å². The SMILES string of the molecule is CC(C)(C)OC(=O)Nc1ccc(-c2cccs2)cc1N.N. The van der Waals surface area contributed by atoms with E-state index in [9.17, 15) is 4.79 Å². The molecule has 0 spiro atoms. The van der Waals surface area contributed by atoms with E-state index in [1.165, 1.54) is 0 Å². The predicted octanol–water partition coefficient (Wildman–Crippen LogP) is 4.51. The molecule has 2 aromatic rings. The molecular formula is C15H21N3O2S. The number of rotatable bonds is 2. The van der Waals surface area contributed by atoms with E-state index in [2.05, 4.69) is 5.32 Å². The van der Waals surface area contributed by atoms with Crippen molar-refractivity contribution in [3.63, 3.8) is 0 Å². The van der Waals surface area contributed by atoms with Gasteiger partial charge >= 0.3 is 6.09 Å². The normalized spacial score (nSPS) is 10.6. The zero-order valence-corrected chi connectivity index (χ0v) is 13.3. The van der Waals surface area contributed by atoms with Crippen LogP contribution in [0.1, 0.15) is 20.8 Å². The molecule has 21 heavy (non-hydrogen) atoms. The van der Waals surface area contributed by atoms with Crippen LogP contribution in [0.5, 0.6) is 0 Å². The molecule has 1 aromatic carbocycles. The van der Waals surface area contributed by atoms with Crippen molar-refractivity contribution in [2.45, 2.75) is 26.4 Å². The molecule has 0 aliphatic heterocycles. The van der Waals surface area contributed by atoms with Gasteiger partial charge in [0.1, 0.15) is 5.60 Å². The molecule has 0 saturated heterocycles. The number of hydrogen-bond donors (Lipinski definition) is 3. The predicted molar refractivity (Wildman–Crippen MR) is 89.0 cm³/mol. The van der Waals surface area contributed by atoms with Crippen molar-refractivity contribution in [2.24, 2.45) is 0 Å². The summed E-state index contributed by atoms with van der Waals surface area (Å²) in [4.78, 5) is 12.8. The Hall–Kier alpha value is -2.05. The molecule has 2 rings (SSSR count). The van der Waals surface area contributed by atoms with Gasteiger partial charge in [0.25, 0.3) is 0 Å². The fourth-order valence-corrected chi connectivity index (χ4v) is 2.41. The monoisotopic (exact) mass is 307 g/mol. The van der Waals surface area contributed by atoms with Crippen molar-refractivity contribution >= 4 is 28.8 Å². The number of hydrogen-bond acceptors (Lipinski definition) is 5. The first-order chi connectivity index (χ1) is 9.35. The highest BCUT2D eigenvalue weighted by atomic mass is 32.1. The van der Waals surface area contributed by atoms with Gasteiger partial charge in [0.2, 0.25) is 0 Å². The Bertz CT molecular complexity index is 604. The highest BCUT2D eigenvalue weighted by molar-refractivity contribution is 7.13. The summed E-state index contributed by atoms with van der Waals surface area (Å²) >= 11 is 1.64. The molecule has 0 bridgehead atoms. The lowest BCUT2D eigenvalue weighted by Gasteiger charge is -2.20. The summed E-state index contributed by atoms with van der Waals surface area (Å²) in [5, 5.41) is 4.67. The van der Waals surface area contributed by atoms with Crippen molar-refractivity contribution in [1.29, 1.82) is 0 Å². The molecule has 0 aliphatic rings. The summed E-state index contributed by atoms with van der Waals surface area (Å²) in [6, 6.07) is 9.57. The van der Waals surface area contributed by atoms with E-state index in [0.717, 1.165) is 10.4 Å². The Balaban J connectivity index is 0.00000220. The maximum Gasteiger partial charge on any atom is 0.412 e. The second-order valence-corrected chi connectivity index (χ2v) is 6.35. The highest BCUT2D eigenvalue weighted by Crippen LogP contribution is 2.30. The average Bonchev–Trinajstić information content (AvgIpc) is 2.82. The average molecular weight is 307 g/mol. The first kappa shape index (κ1) is 17.0. The second-order valence-electron chi connectivity index (χ2n) is 5.41. The van der Waals surface area contributed by atoms with Gasteiger partial charge in [0.15, 0.2) is 0 Å². The van der Waals surface area contributed by atoms with E-state index in [4.69, 9.17) is 10.5 Å². The minimum Gasteiger partial charge on any atom is -0.444 e. The highest BCUT2D eigenvalue weighted by Gasteiger charge is 2.17. The Morgan fingerprint density at radius 1 is 1.29 bits per heavy atom. The van der Waals surface area contributed by atoms with Crippen molar-refractivity contribution in [3.8, 4) is 10.4 Å². The van der Waals surface area contributed by atoms with Gasteiger partial charge in [-0.2, -0.15) is 0 Å². The fraction of sp³-hybridized carbons (Fsp3) is 0.267. The number of benzene rings is 1. The van der Waals surface area contributed by atoms with Gasteiger partial charge in [-0.15, -0.1) is 11.3 Å². The minimum absolute atomic E-state index is 0. The van der Waals surface area contributed by atoms with Crippen molar-refractivity contribution in [2.75, 3.05) is 11.1 Å². The number of nitrogens with two attached hydrogens (primary N) is 1. The third kappa shape index (κ3) is 4.77. The first-order valence-electron chi connectivity index (χ1n) is 6.28. The number of nitrogen functional groups attached to an aromatic ring is 1. The van der Waals surface area contributed by atoms with Gasteiger partial charge in [-0.05, 0) is 49.9 Å². The van der Waals surface area contributed by atoms with Gasteiger partial charge in [0, 0.05) is 4.88 Å². The molecule has 0 radical (unpaired) electrons. The summed E-state index contributed by atoms with van der Waals surface area (Å²) in [5.41, 5.74) is 7.55. The number of thiophene rings is 1. The van der Waals surface area contributed by atoms with Gasteiger partial charge in [-0.25, -0.2) is 4.79 Å². The van der Waals surface area contributed by atoms with Crippen LogP contribution in [0.15, 0.2) is 35.7 Å². The molecule has 0 fully saturated rings.